The Hall–Kier alpha value is -1.09. The van der Waals surface area contributed by atoms with Gasteiger partial charge >= 0.3 is 0 Å². The molecular formula is C10H11N2O. The SMILES string of the molecule is [c]1ccnc(N2CC3(COC3)C2)c1. The summed E-state index contributed by atoms with van der Waals surface area (Å²) < 4.78 is 5.21. The molecule has 2 aliphatic heterocycles. The molecule has 0 unspecified atom stereocenters. The first-order chi connectivity index (χ1) is 6.38. The molecule has 2 fully saturated rings. The molecule has 0 atom stereocenters. The van der Waals surface area contributed by atoms with Gasteiger partial charge in [-0.05, 0) is 18.2 Å². The molecule has 1 aromatic heterocycles. The molecule has 3 heteroatoms. The van der Waals surface area contributed by atoms with Gasteiger partial charge in [0, 0.05) is 19.3 Å². The highest BCUT2D eigenvalue weighted by Crippen LogP contribution is 2.39. The Balaban J connectivity index is 1.71. The fraction of sp³-hybridized carbons (Fsp3) is 0.500. The average Bonchev–Trinajstić information content (AvgIpc) is 2.01. The van der Waals surface area contributed by atoms with Crippen LogP contribution in [0, 0.1) is 11.5 Å². The minimum atomic E-state index is 0.470. The van der Waals surface area contributed by atoms with E-state index >= 15 is 0 Å². The van der Waals surface area contributed by atoms with Gasteiger partial charge in [-0.1, -0.05) is 0 Å². The van der Waals surface area contributed by atoms with Gasteiger partial charge in [0.25, 0.3) is 0 Å². The van der Waals surface area contributed by atoms with Gasteiger partial charge in [0.15, 0.2) is 0 Å². The van der Waals surface area contributed by atoms with E-state index in [1.165, 1.54) is 0 Å². The van der Waals surface area contributed by atoms with E-state index in [0.29, 0.717) is 5.41 Å². The summed E-state index contributed by atoms with van der Waals surface area (Å²) in [5.74, 6) is 1.04. The zero-order valence-electron chi connectivity index (χ0n) is 7.36. The van der Waals surface area contributed by atoms with Crippen LogP contribution >= 0.6 is 0 Å². The van der Waals surface area contributed by atoms with Gasteiger partial charge < -0.3 is 9.64 Å². The Labute approximate surface area is 77.3 Å². The molecule has 1 spiro atoms. The minimum Gasteiger partial charge on any atom is -0.380 e. The van der Waals surface area contributed by atoms with Crippen molar-refractivity contribution < 1.29 is 4.74 Å². The topological polar surface area (TPSA) is 25.4 Å². The van der Waals surface area contributed by atoms with Gasteiger partial charge in [-0.15, -0.1) is 0 Å². The van der Waals surface area contributed by atoms with Crippen molar-refractivity contribution in [3.05, 3.63) is 24.4 Å². The van der Waals surface area contributed by atoms with E-state index in [-0.39, 0.29) is 0 Å². The van der Waals surface area contributed by atoms with Crippen LogP contribution in [0.25, 0.3) is 0 Å². The van der Waals surface area contributed by atoms with Crippen LogP contribution in [-0.2, 0) is 4.74 Å². The smallest absolute Gasteiger partial charge is 0.129 e. The maximum absolute atomic E-state index is 5.21. The molecule has 0 N–H and O–H groups in total. The molecule has 1 aromatic rings. The van der Waals surface area contributed by atoms with Crippen molar-refractivity contribution in [2.24, 2.45) is 5.41 Å². The normalized spacial score (nSPS) is 23.8. The zero-order chi connectivity index (χ0) is 8.73. The van der Waals surface area contributed by atoms with E-state index in [2.05, 4.69) is 16.0 Å². The third kappa shape index (κ3) is 1.04. The number of hydrogen-bond donors (Lipinski definition) is 0. The predicted molar refractivity (Wildman–Crippen MR) is 48.5 cm³/mol. The van der Waals surface area contributed by atoms with E-state index in [9.17, 15) is 0 Å². The van der Waals surface area contributed by atoms with Crippen LogP contribution in [-0.4, -0.2) is 31.3 Å². The average molecular weight is 175 g/mol. The number of hydrogen-bond acceptors (Lipinski definition) is 3. The van der Waals surface area contributed by atoms with Crippen molar-refractivity contribution in [2.75, 3.05) is 31.2 Å². The monoisotopic (exact) mass is 175 g/mol. The highest BCUT2D eigenvalue weighted by atomic mass is 16.5. The lowest BCUT2D eigenvalue weighted by atomic mass is 9.78. The Morgan fingerprint density at radius 2 is 2.31 bits per heavy atom. The summed E-state index contributed by atoms with van der Waals surface area (Å²) >= 11 is 0. The second-order valence-corrected chi connectivity index (χ2v) is 3.96. The molecule has 3 nitrogen and oxygen atoms in total. The minimum absolute atomic E-state index is 0.470. The van der Waals surface area contributed by atoms with Crippen LogP contribution in [0.3, 0.4) is 0 Å². The van der Waals surface area contributed by atoms with E-state index in [1.807, 2.05) is 12.1 Å². The van der Waals surface area contributed by atoms with Gasteiger partial charge in [-0.25, -0.2) is 4.98 Å². The van der Waals surface area contributed by atoms with Gasteiger partial charge in [0.05, 0.1) is 18.6 Å². The summed E-state index contributed by atoms with van der Waals surface area (Å²) in [7, 11) is 0. The van der Waals surface area contributed by atoms with E-state index in [1.54, 1.807) is 6.20 Å². The molecule has 0 bridgehead atoms. The highest BCUT2D eigenvalue weighted by molar-refractivity contribution is 5.42. The Morgan fingerprint density at radius 3 is 2.85 bits per heavy atom. The third-order valence-electron chi connectivity index (χ3n) is 2.78. The molecule has 3 rings (SSSR count). The molecule has 2 aliphatic rings. The molecule has 0 saturated carbocycles. The number of ether oxygens (including phenoxy) is 1. The predicted octanol–water partition coefficient (Wildman–Crippen LogP) is 0.718. The molecule has 0 aliphatic carbocycles. The summed E-state index contributed by atoms with van der Waals surface area (Å²) in [5, 5.41) is 0. The van der Waals surface area contributed by atoms with Crippen LogP contribution in [0.15, 0.2) is 18.3 Å². The van der Waals surface area contributed by atoms with Crippen molar-refractivity contribution in [3.8, 4) is 0 Å². The lowest BCUT2D eigenvalue weighted by Crippen LogP contribution is -2.66. The lowest BCUT2D eigenvalue weighted by Gasteiger charge is -2.55. The Kier molecular flexibility index (Phi) is 1.38. The largest absolute Gasteiger partial charge is 0.380 e. The highest BCUT2D eigenvalue weighted by Gasteiger charge is 2.49. The Bertz CT molecular complexity index is 300. The number of nitrogens with zero attached hydrogens (tertiary/aromatic N) is 2. The van der Waals surface area contributed by atoms with Crippen molar-refractivity contribution in [1.29, 1.82) is 0 Å². The number of aromatic nitrogens is 1. The number of anilines is 1. The molecule has 1 radical (unpaired) electrons. The van der Waals surface area contributed by atoms with Crippen molar-refractivity contribution >= 4 is 5.82 Å². The molecule has 0 amide bonds. The summed E-state index contributed by atoms with van der Waals surface area (Å²) in [6.45, 7) is 4.05. The third-order valence-corrected chi connectivity index (χ3v) is 2.78. The fourth-order valence-corrected chi connectivity index (χ4v) is 1.99. The zero-order valence-corrected chi connectivity index (χ0v) is 7.36. The molecular weight excluding hydrogens is 164 g/mol. The van der Waals surface area contributed by atoms with Crippen molar-refractivity contribution in [3.63, 3.8) is 0 Å². The van der Waals surface area contributed by atoms with Crippen molar-refractivity contribution in [2.45, 2.75) is 0 Å². The molecule has 67 valence electrons. The molecule has 3 heterocycles. The van der Waals surface area contributed by atoms with Crippen LogP contribution in [0.4, 0.5) is 5.82 Å². The van der Waals surface area contributed by atoms with E-state index < -0.39 is 0 Å². The first-order valence-corrected chi connectivity index (χ1v) is 4.53. The van der Waals surface area contributed by atoms with Gasteiger partial charge in [0.1, 0.15) is 5.82 Å². The summed E-state index contributed by atoms with van der Waals surface area (Å²) in [5.41, 5.74) is 0.470. The quantitative estimate of drug-likeness (QED) is 0.628. The van der Waals surface area contributed by atoms with Gasteiger partial charge in [-0.2, -0.15) is 0 Å². The van der Waals surface area contributed by atoms with Crippen LogP contribution < -0.4 is 4.90 Å². The second-order valence-electron chi connectivity index (χ2n) is 3.96. The number of rotatable bonds is 1. The fourth-order valence-electron chi connectivity index (χ4n) is 1.99. The lowest BCUT2D eigenvalue weighted by molar-refractivity contribution is -0.127. The van der Waals surface area contributed by atoms with Gasteiger partial charge in [-0.3, -0.25) is 0 Å². The van der Waals surface area contributed by atoms with Crippen LogP contribution in [0.5, 0.6) is 0 Å². The molecule has 2 saturated heterocycles. The molecule has 13 heavy (non-hydrogen) atoms. The standard InChI is InChI=1S/C10H11N2O/c1-2-4-11-9(3-1)12-5-10(6-12)7-13-8-10/h2-4H,5-8H2. The summed E-state index contributed by atoms with van der Waals surface area (Å²) in [6, 6.07) is 6.80. The van der Waals surface area contributed by atoms with Gasteiger partial charge in [0.2, 0.25) is 0 Å². The number of pyridine rings is 1. The van der Waals surface area contributed by atoms with Crippen molar-refractivity contribution in [1.82, 2.24) is 4.98 Å². The summed E-state index contributed by atoms with van der Waals surface area (Å²) in [4.78, 5) is 6.56. The Morgan fingerprint density at radius 1 is 1.46 bits per heavy atom. The van der Waals surface area contributed by atoms with E-state index in [4.69, 9.17) is 4.74 Å². The maximum atomic E-state index is 5.21. The van der Waals surface area contributed by atoms with Crippen LogP contribution in [0.2, 0.25) is 0 Å². The van der Waals surface area contributed by atoms with Crippen LogP contribution in [0.1, 0.15) is 0 Å². The van der Waals surface area contributed by atoms with E-state index in [0.717, 1.165) is 32.1 Å². The first-order valence-electron chi connectivity index (χ1n) is 4.53. The first kappa shape index (κ1) is 7.33. The summed E-state index contributed by atoms with van der Waals surface area (Å²) in [6.07, 6.45) is 1.79. The molecule has 0 aromatic carbocycles. The maximum Gasteiger partial charge on any atom is 0.129 e. The second kappa shape index (κ2) is 2.45.